The first-order chi connectivity index (χ1) is 4.70. The van der Waals surface area contributed by atoms with Crippen LogP contribution in [0.3, 0.4) is 0 Å². The molecule has 0 aliphatic carbocycles. The summed E-state index contributed by atoms with van der Waals surface area (Å²) in [5.74, 6) is -0.209. The third kappa shape index (κ3) is 5.40. The van der Waals surface area contributed by atoms with Crippen LogP contribution in [0.1, 0.15) is 6.92 Å². The number of hydrogen-bond donors (Lipinski definition) is 0. The Balaban J connectivity index is 4.16. The smallest absolute Gasteiger partial charge is 0.123 e. The zero-order chi connectivity index (χ0) is 7.98. The predicted octanol–water partition coefficient (Wildman–Crippen LogP) is 4.13. The van der Waals surface area contributed by atoms with Crippen molar-refractivity contribution in [2.24, 2.45) is 0 Å². The Kier molecular flexibility index (Phi) is 6.71. The van der Waals surface area contributed by atoms with E-state index in [9.17, 15) is 4.39 Å². The van der Waals surface area contributed by atoms with E-state index in [2.05, 4.69) is 45.2 Å². The summed E-state index contributed by atoms with van der Waals surface area (Å²) in [5.41, 5.74) is 0. The molecule has 0 fully saturated rings. The van der Waals surface area contributed by atoms with Crippen LogP contribution in [-0.4, -0.2) is 0 Å². The SMILES string of the molecule is C/C=C/C(F)=C\C(I)=C/I. The summed E-state index contributed by atoms with van der Waals surface area (Å²) in [5, 5.41) is 0. The van der Waals surface area contributed by atoms with Gasteiger partial charge in [-0.3, -0.25) is 0 Å². The van der Waals surface area contributed by atoms with E-state index in [0.29, 0.717) is 0 Å². The first-order valence-corrected chi connectivity index (χ1v) is 4.99. The predicted molar refractivity (Wildman–Crippen MR) is 60.1 cm³/mol. The monoisotopic (exact) mass is 364 g/mol. The first kappa shape index (κ1) is 10.6. The van der Waals surface area contributed by atoms with E-state index in [4.69, 9.17) is 0 Å². The van der Waals surface area contributed by atoms with E-state index in [-0.39, 0.29) is 5.83 Å². The van der Waals surface area contributed by atoms with Crippen molar-refractivity contribution in [2.75, 3.05) is 0 Å². The topological polar surface area (TPSA) is 0 Å². The van der Waals surface area contributed by atoms with Gasteiger partial charge in [0.05, 0.1) is 0 Å². The molecule has 56 valence electrons. The fourth-order valence-corrected chi connectivity index (χ4v) is 0.848. The van der Waals surface area contributed by atoms with Crippen LogP contribution in [0.2, 0.25) is 0 Å². The highest BCUT2D eigenvalue weighted by Gasteiger charge is 1.87. The zero-order valence-electron chi connectivity index (χ0n) is 5.44. The molecule has 0 atom stereocenters. The summed E-state index contributed by atoms with van der Waals surface area (Å²) in [6, 6.07) is 0. The van der Waals surface area contributed by atoms with Crippen LogP contribution >= 0.6 is 45.2 Å². The maximum Gasteiger partial charge on any atom is 0.123 e. The second-order valence-electron chi connectivity index (χ2n) is 1.52. The molecule has 0 spiro atoms. The standard InChI is InChI=1S/C7H7FI2/c1-2-3-6(8)4-7(10)5-9/h2-5H,1H3/b3-2+,6-4+,7-5+. The highest BCUT2D eigenvalue weighted by Crippen LogP contribution is 2.14. The summed E-state index contributed by atoms with van der Waals surface area (Å²) in [6.07, 6.45) is 4.58. The van der Waals surface area contributed by atoms with Crippen molar-refractivity contribution in [3.05, 3.63) is 31.7 Å². The van der Waals surface area contributed by atoms with Gasteiger partial charge < -0.3 is 0 Å². The van der Waals surface area contributed by atoms with Gasteiger partial charge in [-0.2, -0.15) is 0 Å². The highest BCUT2D eigenvalue weighted by atomic mass is 127. The molecule has 0 saturated heterocycles. The lowest BCUT2D eigenvalue weighted by atomic mass is 10.4. The van der Waals surface area contributed by atoms with Crippen molar-refractivity contribution in [3.8, 4) is 0 Å². The number of hydrogen-bond acceptors (Lipinski definition) is 0. The van der Waals surface area contributed by atoms with Crippen LogP contribution in [0, 0.1) is 0 Å². The molecule has 0 aliphatic heterocycles. The van der Waals surface area contributed by atoms with Crippen LogP contribution in [0.25, 0.3) is 0 Å². The molecule has 0 saturated carbocycles. The van der Waals surface area contributed by atoms with Gasteiger partial charge in [0.15, 0.2) is 0 Å². The van der Waals surface area contributed by atoms with Gasteiger partial charge in [0, 0.05) is 3.58 Å². The van der Waals surface area contributed by atoms with Crippen molar-refractivity contribution in [1.82, 2.24) is 0 Å². The van der Waals surface area contributed by atoms with Crippen LogP contribution < -0.4 is 0 Å². The molecule has 0 unspecified atom stereocenters. The number of halogens is 3. The maximum absolute atomic E-state index is 12.6. The fraction of sp³-hybridized carbons (Fsp3) is 0.143. The minimum Gasteiger partial charge on any atom is -0.207 e. The summed E-state index contributed by atoms with van der Waals surface area (Å²) in [6.45, 7) is 1.79. The third-order valence-corrected chi connectivity index (χ3v) is 3.19. The molecule has 3 heteroatoms. The zero-order valence-corrected chi connectivity index (χ0v) is 9.76. The molecule has 0 aromatic heterocycles. The van der Waals surface area contributed by atoms with Crippen LogP contribution in [-0.2, 0) is 0 Å². The minimum atomic E-state index is -0.209. The van der Waals surface area contributed by atoms with Crippen molar-refractivity contribution in [1.29, 1.82) is 0 Å². The molecule has 10 heavy (non-hydrogen) atoms. The van der Waals surface area contributed by atoms with Crippen molar-refractivity contribution < 1.29 is 4.39 Å². The summed E-state index contributed by atoms with van der Waals surface area (Å²) in [4.78, 5) is 0. The van der Waals surface area contributed by atoms with E-state index in [0.717, 1.165) is 3.58 Å². The molecule has 0 heterocycles. The van der Waals surface area contributed by atoms with Crippen molar-refractivity contribution in [3.63, 3.8) is 0 Å². The number of allylic oxidation sites excluding steroid dienone is 5. The Morgan fingerprint density at radius 3 is 2.50 bits per heavy atom. The molecule has 0 bridgehead atoms. The van der Waals surface area contributed by atoms with Gasteiger partial charge in [0.2, 0.25) is 0 Å². The number of rotatable bonds is 2. The highest BCUT2D eigenvalue weighted by molar-refractivity contribution is 14.1. The third-order valence-electron chi connectivity index (χ3n) is 0.706. The van der Waals surface area contributed by atoms with E-state index in [1.165, 1.54) is 12.2 Å². The van der Waals surface area contributed by atoms with Crippen LogP contribution in [0.15, 0.2) is 31.7 Å². The average Bonchev–Trinajstić information content (AvgIpc) is 1.88. The molecule has 0 rings (SSSR count). The van der Waals surface area contributed by atoms with Crippen LogP contribution in [0.5, 0.6) is 0 Å². The van der Waals surface area contributed by atoms with Crippen molar-refractivity contribution in [2.45, 2.75) is 6.92 Å². The van der Waals surface area contributed by atoms with Gasteiger partial charge in [0.1, 0.15) is 5.83 Å². The molecule has 0 radical (unpaired) electrons. The Morgan fingerprint density at radius 2 is 2.10 bits per heavy atom. The van der Waals surface area contributed by atoms with Crippen LogP contribution in [0.4, 0.5) is 4.39 Å². The van der Waals surface area contributed by atoms with E-state index >= 15 is 0 Å². The molecular formula is C7H7FI2. The van der Waals surface area contributed by atoms with Gasteiger partial charge >= 0.3 is 0 Å². The van der Waals surface area contributed by atoms with E-state index < -0.39 is 0 Å². The molecule has 0 aromatic carbocycles. The molecule has 0 amide bonds. The first-order valence-electron chi connectivity index (χ1n) is 2.66. The Bertz CT molecular complexity index is 180. The lowest BCUT2D eigenvalue weighted by molar-refractivity contribution is 0.667. The lowest BCUT2D eigenvalue weighted by Crippen LogP contribution is -1.64. The Morgan fingerprint density at radius 1 is 1.50 bits per heavy atom. The maximum atomic E-state index is 12.6. The molecule has 0 aliphatic rings. The fourth-order valence-electron chi connectivity index (χ4n) is 0.371. The summed E-state index contributed by atoms with van der Waals surface area (Å²) < 4.78 is 15.3. The molecule has 0 aromatic rings. The average molecular weight is 364 g/mol. The normalized spacial score (nSPS) is 14.8. The largest absolute Gasteiger partial charge is 0.207 e. The minimum absolute atomic E-state index is 0.209. The quantitative estimate of drug-likeness (QED) is 0.511. The Labute approximate surface area is 87.5 Å². The van der Waals surface area contributed by atoms with E-state index in [1.54, 1.807) is 13.0 Å². The molecule has 0 N–H and O–H groups in total. The second-order valence-corrected chi connectivity index (χ2v) is 3.39. The van der Waals surface area contributed by atoms with Gasteiger partial charge in [-0.1, -0.05) is 28.7 Å². The summed E-state index contributed by atoms with van der Waals surface area (Å²) >= 11 is 4.13. The molecular weight excluding hydrogens is 357 g/mol. The van der Waals surface area contributed by atoms with Gasteiger partial charge in [-0.25, -0.2) is 4.39 Å². The van der Waals surface area contributed by atoms with Gasteiger partial charge in [-0.05, 0) is 45.7 Å². The Hall–Kier alpha value is 0.610. The molecule has 0 nitrogen and oxygen atoms in total. The van der Waals surface area contributed by atoms with Gasteiger partial charge in [0.25, 0.3) is 0 Å². The van der Waals surface area contributed by atoms with Gasteiger partial charge in [-0.15, -0.1) is 0 Å². The van der Waals surface area contributed by atoms with E-state index in [1.807, 2.05) is 4.08 Å². The second kappa shape index (κ2) is 6.33. The lowest BCUT2D eigenvalue weighted by Gasteiger charge is -1.85. The summed E-state index contributed by atoms with van der Waals surface area (Å²) in [7, 11) is 0. The van der Waals surface area contributed by atoms with Crippen molar-refractivity contribution >= 4 is 45.2 Å².